The average Bonchev–Trinajstić information content (AvgIpc) is 3.15. The molecule has 0 spiro atoms. The summed E-state index contributed by atoms with van der Waals surface area (Å²) in [5, 5.41) is 30.8. The summed E-state index contributed by atoms with van der Waals surface area (Å²) in [7, 11) is 0. The Morgan fingerprint density at radius 3 is 2.39 bits per heavy atom. The van der Waals surface area contributed by atoms with Crippen LogP contribution in [0.2, 0.25) is 0 Å². The summed E-state index contributed by atoms with van der Waals surface area (Å²) in [6, 6.07) is 14.4. The predicted octanol–water partition coefficient (Wildman–Crippen LogP) is 5.25. The van der Waals surface area contributed by atoms with Gasteiger partial charge in [0.1, 0.15) is 35.5 Å². The maximum atomic E-state index is 13.5. The molecule has 8 heteroatoms. The van der Waals surface area contributed by atoms with Gasteiger partial charge in [-0.05, 0) is 54.4 Å². The predicted molar refractivity (Wildman–Crippen MR) is 124 cm³/mol. The molecule has 7 nitrogen and oxygen atoms in total. The molecule has 3 aromatic carbocycles. The van der Waals surface area contributed by atoms with Crippen LogP contribution in [0, 0.1) is 6.92 Å². The maximum Gasteiger partial charge on any atom is 0.298 e. The van der Waals surface area contributed by atoms with Gasteiger partial charge in [-0.25, -0.2) is 0 Å². The second-order valence-corrected chi connectivity index (χ2v) is 8.17. The second-order valence-electron chi connectivity index (χ2n) is 7.12. The first-order chi connectivity index (χ1) is 15.9. The molecule has 0 aliphatic heterocycles. The molecular formula is C25H18O7S. The minimum atomic E-state index is -0.394. The number of carbonyl (C=O) groups is 2. The molecule has 3 N–H and O–H groups in total. The Kier molecular flexibility index (Phi) is 6.01. The fraction of sp³-hybridized carbons (Fsp3) is 0.0400. The van der Waals surface area contributed by atoms with Crippen LogP contribution in [0.5, 0.6) is 23.0 Å². The summed E-state index contributed by atoms with van der Waals surface area (Å²) >= 11 is 1.21. The van der Waals surface area contributed by atoms with Crippen molar-refractivity contribution in [2.45, 2.75) is 6.92 Å². The monoisotopic (exact) mass is 462 g/mol. The van der Waals surface area contributed by atoms with E-state index in [0.29, 0.717) is 26.5 Å². The molecular weight excluding hydrogens is 444 g/mol. The summed E-state index contributed by atoms with van der Waals surface area (Å²) in [4.78, 5) is 24.1. The van der Waals surface area contributed by atoms with Gasteiger partial charge in [-0.1, -0.05) is 12.1 Å². The highest BCUT2D eigenvalue weighted by Crippen LogP contribution is 2.43. The van der Waals surface area contributed by atoms with Crippen molar-refractivity contribution in [3.05, 3.63) is 83.1 Å². The number of thiophene rings is 1. The van der Waals surface area contributed by atoms with Crippen LogP contribution >= 0.6 is 11.3 Å². The number of aromatic hydroxyl groups is 3. The number of hydrogen-bond acceptors (Lipinski definition) is 8. The van der Waals surface area contributed by atoms with E-state index in [-0.39, 0.29) is 29.3 Å². The van der Waals surface area contributed by atoms with Gasteiger partial charge < -0.3 is 24.8 Å². The normalized spacial score (nSPS) is 11.1. The van der Waals surface area contributed by atoms with Crippen molar-refractivity contribution < 1.29 is 34.4 Å². The number of phenols is 3. The van der Waals surface area contributed by atoms with Crippen molar-refractivity contribution in [2.75, 3.05) is 0 Å². The van der Waals surface area contributed by atoms with Crippen molar-refractivity contribution >= 4 is 33.7 Å². The summed E-state index contributed by atoms with van der Waals surface area (Å²) in [5.74, 6) is -0.273. The molecule has 1 heterocycles. The minimum Gasteiger partial charge on any atom is -0.508 e. The molecule has 166 valence electrons. The molecule has 0 unspecified atom stereocenters. The Morgan fingerprint density at radius 2 is 1.70 bits per heavy atom. The van der Waals surface area contributed by atoms with Crippen LogP contribution in [0.1, 0.15) is 20.8 Å². The first-order valence-corrected chi connectivity index (χ1v) is 10.5. The van der Waals surface area contributed by atoms with E-state index in [4.69, 9.17) is 4.74 Å². The van der Waals surface area contributed by atoms with Crippen LogP contribution in [0.3, 0.4) is 0 Å². The van der Waals surface area contributed by atoms with Gasteiger partial charge in [0.05, 0.1) is 10.4 Å². The van der Waals surface area contributed by atoms with Gasteiger partial charge in [0.15, 0.2) is 0 Å². The Labute approximate surface area is 192 Å². The average molecular weight is 462 g/mol. The number of aryl methyl sites for hydroxylation is 1. The number of phenolic OH excluding ortho intramolecular Hbond substituents is 3. The zero-order valence-electron chi connectivity index (χ0n) is 17.3. The number of fused-ring (bicyclic) bond motifs is 1. The molecule has 0 aliphatic carbocycles. The topological polar surface area (TPSA) is 113 Å². The van der Waals surface area contributed by atoms with Gasteiger partial charge in [0.2, 0.25) is 5.78 Å². The van der Waals surface area contributed by atoms with E-state index < -0.39 is 5.78 Å². The summed E-state index contributed by atoms with van der Waals surface area (Å²) in [6.07, 6.45) is 2.32. The van der Waals surface area contributed by atoms with Gasteiger partial charge in [-0.15, -0.1) is 11.3 Å². The quantitative estimate of drug-likeness (QED) is 0.195. The molecule has 0 bridgehead atoms. The SMILES string of the molecule is Cc1cc(O)cc(O)c1C(=O)c1sc2cc(O)ccc2c1-c1ccc(O/C=C/OC=O)cc1. The highest BCUT2D eigenvalue weighted by atomic mass is 32.1. The van der Waals surface area contributed by atoms with Gasteiger partial charge >= 0.3 is 0 Å². The third-order valence-electron chi connectivity index (χ3n) is 4.94. The van der Waals surface area contributed by atoms with Crippen molar-refractivity contribution in [1.82, 2.24) is 0 Å². The molecule has 4 aromatic rings. The van der Waals surface area contributed by atoms with Crippen molar-refractivity contribution in [2.24, 2.45) is 0 Å². The molecule has 0 saturated carbocycles. The molecule has 0 fully saturated rings. The maximum absolute atomic E-state index is 13.5. The Bertz CT molecular complexity index is 1360. The fourth-order valence-electron chi connectivity index (χ4n) is 3.56. The lowest BCUT2D eigenvalue weighted by atomic mass is 9.95. The van der Waals surface area contributed by atoms with Gasteiger partial charge in [0.25, 0.3) is 6.47 Å². The van der Waals surface area contributed by atoms with Gasteiger partial charge in [0, 0.05) is 21.7 Å². The van der Waals surface area contributed by atoms with Crippen LogP contribution < -0.4 is 4.74 Å². The largest absolute Gasteiger partial charge is 0.508 e. The lowest BCUT2D eigenvalue weighted by Crippen LogP contribution is -2.03. The Morgan fingerprint density at radius 1 is 0.939 bits per heavy atom. The highest BCUT2D eigenvalue weighted by Gasteiger charge is 2.25. The lowest BCUT2D eigenvalue weighted by Gasteiger charge is -2.10. The smallest absolute Gasteiger partial charge is 0.298 e. The highest BCUT2D eigenvalue weighted by molar-refractivity contribution is 7.21. The van der Waals surface area contributed by atoms with E-state index in [1.165, 1.54) is 23.7 Å². The van der Waals surface area contributed by atoms with E-state index in [1.54, 1.807) is 49.4 Å². The molecule has 1 aromatic heterocycles. The van der Waals surface area contributed by atoms with Crippen LogP contribution in [0.15, 0.2) is 67.1 Å². The van der Waals surface area contributed by atoms with E-state index in [2.05, 4.69) is 4.74 Å². The zero-order valence-corrected chi connectivity index (χ0v) is 18.1. The van der Waals surface area contributed by atoms with Gasteiger partial charge in [-0.2, -0.15) is 0 Å². The van der Waals surface area contributed by atoms with Crippen LogP contribution in [-0.4, -0.2) is 27.6 Å². The molecule has 33 heavy (non-hydrogen) atoms. The van der Waals surface area contributed by atoms with Crippen LogP contribution in [0.25, 0.3) is 21.2 Å². The first kappa shape index (κ1) is 21.9. The number of ether oxygens (including phenoxy) is 2. The third kappa shape index (κ3) is 4.37. The number of ketones is 1. The van der Waals surface area contributed by atoms with Crippen LogP contribution in [0.4, 0.5) is 0 Å². The van der Waals surface area contributed by atoms with E-state index in [9.17, 15) is 24.9 Å². The molecule has 0 amide bonds. The summed E-state index contributed by atoms with van der Waals surface area (Å²) < 4.78 is 10.5. The summed E-state index contributed by atoms with van der Waals surface area (Å²) in [6.45, 7) is 1.91. The zero-order chi connectivity index (χ0) is 23.5. The lowest BCUT2D eigenvalue weighted by molar-refractivity contribution is -0.123. The van der Waals surface area contributed by atoms with Crippen LogP contribution in [-0.2, 0) is 9.53 Å². The molecule has 0 aliphatic rings. The molecule has 4 rings (SSSR count). The Hall–Kier alpha value is -4.30. The molecule has 0 atom stereocenters. The van der Waals surface area contributed by atoms with Crippen molar-refractivity contribution in [3.8, 4) is 34.1 Å². The first-order valence-electron chi connectivity index (χ1n) is 9.73. The number of rotatable bonds is 7. The van der Waals surface area contributed by atoms with Crippen molar-refractivity contribution in [1.29, 1.82) is 0 Å². The second kappa shape index (κ2) is 9.05. The van der Waals surface area contributed by atoms with Gasteiger partial charge in [-0.3, -0.25) is 9.59 Å². The molecule has 0 radical (unpaired) electrons. The van der Waals surface area contributed by atoms with E-state index >= 15 is 0 Å². The number of carbonyl (C=O) groups excluding carboxylic acids is 2. The van der Waals surface area contributed by atoms with E-state index in [1.807, 2.05) is 0 Å². The number of benzene rings is 3. The number of hydrogen-bond donors (Lipinski definition) is 3. The minimum absolute atomic E-state index is 0.0750. The standard InChI is InChI=1S/C25H18O7S/c1-14-10-17(28)11-20(29)22(14)24(30)25-23(19-7-4-16(27)12-21(19)33-25)15-2-5-18(6-3-15)32-9-8-31-13-26/h2-13,27-29H,1H3/b9-8+. The Balaban J connectivity index is 1.82. The third-order valence-corrected chi connectivity index (χ3v) is 6.09. The van der Waals surface area contributed by atoms with Crippen molar-refractivity contribution in [3.63, 3.8) is 0 Å². The van der Waals surface area contributed by atoms with E-state index in [0.717, 1.165) is 23.3 Å². The fourth-order valence-corrected chi connectivity index (χ4v) is 4.77. The summed E-state index contributed by atoms with van der Waals surface area (Å²) in [5.41, 5.74) is 1.92. The molecule has 0 saturated heterocycles.